The Kier molecular flexibility index (Phi) is 5.69. The van der Waals surface area contributed by atoms with Crippen molar-refractivity contribution in [1.82, 2.24) is 19.8 Å². The van der Waals surface area contributed by atoms with Crippen LogP contribution in [0.2, 0.25) is 0 Å². The molecule has 2 fully saturated rings. The molecule has 2 bridgehead atoms. The highest BCUT2D eigenvalue weighted by molar-refractivity contribution is 5.80. The monoisotopic (exact) mass is 434 g/mol. The Morgan fingerprint density at radius 2 is 2.12 bits per heavy atom. The van der Waals surface area contributed by atoms with Crippen LogP contribution in [0.3, 0.4) is 0 Å². The van der Waals surface area contributed by atoms with Crippen molar-refractivity contribution in [2.75, 3.05) is 13.2 Å². The zero-order chi connectivity index (χ0) is 22.2. The van der Waals surface area contributed by atoms with Crippen LogP contribution in [0.25, 0.3) is 6.08 Å². The minimum atomic E-state index is -0.409. The SMILES string of the molecule is C/C=C\c1ccc2n(c1=O)C[C@H]1[C@H](CO)[C@@H](C(=O)NCc3ccccn3)[C@@H]2N1CC1CC1. The third kappa shape index (κ3) is 3.69. The lowest BCUT2D eigenvalue weighted by Crippen LogP contribution is -2.47. The first kappa shape index (κ1) is 21.1. The molecule has 1 aliphatic carbocycles. The maximum Gasteiger partial charge on any atom is 0.258 e. The standard InChI is InChI=1S/C25H30N4O3/c1-2-5-17-9-10-20-23-22(24(31)27-12-18-6-3-4-11-26-18)19(15-30)21(14-29(20)25(17)32)28(23)13-16-7-8-16/h2-6,9-11,16,19,21-23,30H,7-8,12-15H2,1H3,(H,27,31)/b5-2-/t19-,21-,22+,23+/m0/s1. The number of nitrogens with one attached hydrogen (secondary N) is 1. The van der Waals surface area contributed by atoms with E-state index in [2.05, 4.69) is 15.2 Å². The van der Waals surface area contributed by atoms with E-state index >= 15 is 0 Å². The van der Waals surface area contributed by atoms with Crippen molar-refractivity contribution in [3.63, 3.8) is 0 Å². The summed E-state index contributed by atoms with van der Waals surface area (Å²) in [6.45, 7) is 3.60. The van der Waals surface area contributed by atoms with Crippen molar-refractivity contribution in [3.8, 4) is 0 Å². The lowest BCUT2D eigenvalue weighted by Gasteiger charge is -2.38. The zero-order valence-corrected chi connectivity index (χ0v) is 18.4. The van der Waals surface area contributed by atoms with E-state index in [4.69, 9.17) is 0 Å². The Labute approximate surface area is 187 Å². The molecule has 2 aliphatic heterocycles. The predicted octanol–water partition coefficient (Wildman–Crippen LogP) is 1.97. The van der Waals surface area contributed by atoms with Gasteiger partial charge in [0.2, 0.25) is 5.91 Å². The Morgan fingerprint density at radius 3 is 2.81 bits per heavy atom. The van der Waals surface area contributed by atoms with Gasteiger partial charge in [-0.05, 0) is 49.9 Å². The number of nitrogens with zero attached hydrogens (tertiary/aromatic N) is 3. The van der Waals surface area contributed by atoms with Gasteiger partial charge in [0.15, 0.2) is 0 Å². The first-order chi connectivity index (χ1) is 15.6. The van der Waals surface area contributed by atoms with Gasteiger partial charge in [-0.15, -0.1) is 0 Å². The van der Waals surface area contributed by atoms with E-state index in [-0.39, 0.29) is 36.1 Å². The predicted molar refractivity (Wildman–Crippen MR) is 122 cm³/mol. The van der Waals surface area contributed by atoms with Crippen LogP contribution < -0.4 is 10.9 Å². The summed E-state index contributed by atoms with van der Waals surface area (Å²) in [6.07, 6.45) is 7.83. The normalized spacial score (nSPS) is 26.9. The zero-order valence-electron chi connectivity index (χ0n) is 18.4. The fraction of sp³-hybridized carbons (Fsp3) is 0.480. The molecule has 5 rings (SSSR count). The summed E-state index contributed by atoms with van der Waals surface area (Å²) in [7, 11) is 0. The molecule has 1 saturated carbocycles. The van der Waals surface area contributed by atoms with Crippen LogP contribution in [0.15, 0.2) is 47.4 Å². The molecule has 32 heavy (non-hydrogen) atoms. The van der Waals surface area contributed by atoms with E-state index in [9.17, 15) is 14.7 Å². The first-order valence-electron chi connectivity index (χ1n) is 11.5. The van der Waals surface area contributed by atoms with Gasteiger partial charge in [0.25, 0.3) is 5.56 Å². The van der Waals surface area contributed by atoms with Crippen molar-refractivity contribution >= 4 is 12.0 Å². The number of hydrogen-bond donors (Lipinski definition) is 2. The smallest absolute Gasteiger partial charge is 0.258 e. The van der Waals surface area contributed by atoms with Gasteiger partial charge in [-0.1, -0.05) is 18.2 Å². The molecular formula is C25H30N4O3. The highest BCUT2D eigenvalue weighted by Crippen LogP contribution is 2.50. The summed E-state index contributed by atoms with van der Waals surface area (Å²) < 4.78 is 1.84. The number of pyridine rings is 2. The highest BCUT2D eigenvalue weighted by Gasteiger charge is 2.56. The van der Waals surface area contributed by atoms with Crippen molar-refractivity contribution in [3.05, 3.63) is 69.9 Å². The van der Waals surface area contributed by atoms with E-state index in [1.165, 1.54) is 12.8 Å². The van der Waals surface area contributed by atoms with Gasteiger partial charge in [-0.3, -0.25) is 19.5 Å². The summed E-state index contributed by atoms with van der Waals surface area (Å²) in [5.41, 5.74) is 2.31. The van der Waals surface area contributed by atoms with Gasteiger partial charge in [-0.25, -0.2) is 0 Å². The third-order valence-electron chi connectivity index (χ3n) is 7.18. The maximum atomic E-state index is 13.5. The van der Waals surface area contributed by atoms with E-state index in [0.29, 0.717) is 24.6 Å². The summed E-state index contributed by atoms with van der Waals surface area (Å²) in [5, 5.41) is 13.4. The van der Waals surface area contributed by atoms with Crippen LogP contribution in [0.5, 0.6) is 0 Å². The summed E-state index contributed by atoms with van der Waals surface area (Å²) >= 11 is 0. The largest absolute Gasteiger partial charge is 0.396 e. The van der Waals surface area contributed by atoms with Gasteiger partial charge < -0.3 is 15.0 Å². The number of carbonyl (C=O) groups is 1. The highest BCUT2D eigenvalue weighted by atomic mass is 16.3. The number of carbonyl (C=O) groups excluding carboxylic acids is 1. The van der Waals surface area contributed by atoms with Crippen molar-refractivity contribution in [2.24, 2.45) is 17.8 Å². The number of allylic oxidation sites excluding steroid dienone is 1. The second kappa shape index (κ2) is 8.64. The molecular weight excluding hydrogens is 404 g/mol. The van der Waals surface area contributed by atoms with Crippen LogP contribution in [-0.4, -0.2) is 44.7 Å². The average molecular weight is 435 g/mol. The molecule has 7 heteroatoms. The Morgan fingerprint density at radius 1 is 1.28 bits per heavy atom. The Bertz CT molecular complexity index is 1080. The quantitative estimate of drug-likeness (QED) is 0.696. The molecule has 2 N–H and O–H groups in total. The molecule has 3 aliphatic rings. The van der Waals surface area contributed by atoms with Crippen LogP contribution in [0.1, 0.15) is 42.8 Å². The molecule has 1 amide bonds. The van der Waals surface area contributed by atoms with Crippen LogP contribution >= 0.6 is 0 Å². The van der Waals surface area contributed by atoms with Crippen LogP contribution in [0, 0.1) is 17.8 Å². The molecule has 0 spiro atoms. The average Bonchev–Trinajstić information content (AvgIpc) is 3.59. The molecule has 168 valence electrons. The lowest BCUT2D eigenvalue weighted by molar-refractivity contribution is -0.127. The van der Waals surface area contributed by atoms with Crippen molar-refractivity contribution in [1.29, 1.82) is 0 Å². The molecule has 0 radical (unpaired) electrons. The first-order valence-corrected chi connectivity index (χ1v) is 11.5. The van der Waals surface area contributed by atoms with Crippen LogP contribution in [0.4, 0.5) is 0 Å². The molecule has 7 nitrogen and oxygen atoms in total. The van der Waals surface area contributed by atoms with Crippen LogP contribution in [-0.2, 0) is 17.9 Å². The third-order valence-corrected chi connectivity index (χ3v) is 7.18. The van der Waals surface area contributed by atoms with Gasteiger partial charge in [0.1, 0.15) is 0 Å². The minimum absolute atomic E-state index is 0.0205. The van der Waals surface area contributed by atoms with Gasteiger partial charge in [0, 0.05) is 49.1 Å². The van der Waals surface area contributed by atoms with E-state index in [1.54, 1.807) is 6.20 Å². The fourth-order valence-corrected chi connectivity index (χ4v) is 5.49. The fourth-order valence-electron chi connectivity index (χ4n) is 5.49. The topological polar surface area (TPSA) is 87.5 Å². The van der Waals surface area contributed by atoms with E-state index in [1.807, 2.05) is 54.0 Å². The summed E-state index contributed by atoms with van der Waals surface area (Å²) in [6, 6.07) is 9.25. The number of aliphatic hydroxyl groups excluding tert-OH is 1. The number of rotatable bonds is 7. The van der Waals surface area contributed by atoms with Crippen molar-refractivity contribution < 1.29 is 9.90 Å². The summed E-state index contributed by atoms with van der Waals surface area (Å²) in [4.78, 5) is 33.3. The van der Waals surface area contributed by atoms with E-state index < -0.39 is 5.92 Å². The van der Waals surface area contributed by atoms with Gasteiger partial charge >= 0.3 is 0 Å². The number of amides is 1. The number of fused-ring (bicyclic) bond motifs is 4. The Balaban J connectivity index is 1.50. The molecule has 0 unspecified atom stereocenters. The molecule has 0 aromatic carbocycles. The van der Waals surface area contributed by atoms with Gasteiger partial charge in [-0.2, -0.15) is 0 Å². The van der Waals surface area contributed by atoms with Crippen molar-refractivity contribution in [2.45, 2.75) is 44.9 Å². The van der Waals surface area contributed by atoms with E-state index in [0.717, 1.165) is 17.9 Å². The molecule has 2 aromatic heterocycles. The summed E-state index contributed by atoms with van der Waals surface area (Å²) in [5.74, 6) is -0.0585. The number of aliphatic hydroxyl groups is 1. The second-order valence-electron chi connectivity index (χ2n) is 9.19. The molecule has 4 atom stereocenters. The maximum absolute atomic E-state index is 13.5. The lowest BCUT2D eigenvalue weighted by atomic mass is 9.86. The molecule has 4 heterocycles. The second-order valence-corrected chi connectivity index (χ2v) is 9.19. The number of aromatic nitrogens is 2. The molecule has 1 saturated heterocycles. The Hall–Kier alpha value is -2.77. The van der Waals surface area contributed by atoms with Gasteiger partial charge in [0.05, 0.1) is 24.2 Å². The minimum Gasteiger partial charge on any atom is -0.396 e. The number of hydrogen-bond acceptors (Lipinski definition) is 5. The molecule has 2 aromatic rings.